The lowest BCUT2D eigenvalue weighted by atomic mass is 10.1. The van der Waals surface area contributed by atoms with E-state index in [4.69, 9.17) is 5.73 Å². The average molecular weight is 258 g/mol. The van der Waals surface area contributed by atoms with Crippen molar-refractivity contribution in [1.82, 2.24) is 14.9 Å². The van der Waals surface area contributed by atoms with Gasteiger partial charge >= 0.3 is 0 Å². The molecule has 0 spiro atoms. The minimum absolute atomic E-state index is 0.433. The van der Waals surface area contributed by atoms with Gasteiger partial charge in [-0.1, -0.05) is 6.07 Å². The minimum Gasteiger partial charge on any atom is -0.345 e. The smallest absolute Gasteiger partial charge is 0.0931 e. The van der Waals surface area contributed by atoms with Crippen molar-refractivity contribution in [1.29, 1.82) is 0 Å². The maximum atomic E-state index is 5.84. The van der Waals surface area contributed by atoms with Crippen LogP contribution >= 0.6 is 0 Å². The molecule has 4 heteroatoms. The zero-order chi connectivity index (χ0) is 13.3. The fourth-order valence-electron chi connectivity index (χ4n) is 2.71. The number of fused-ring (bicyclic) bond motifs is 1. The Hall–Kier alpha value is -1.39. The van der Waals surface area contributed by atoms with E-state index in [-0.39, 0.29) is 0 Å². The van der Waals surface area contributed by atoms with Crippen LogP contribution in [-0.2, 0) is 6.42 Å². The molecule has 2 aromatic rings. The first kappa shape index (κ1) is 12.6. The SMILES string of the molecule is CN(CCc1ccc2nc[nH]c2c1)CC1(CN)CC1. The molecule has 0 unspecified atom stereocenters. The van der Waals surface area contributed by atoms with Crippen LogP contribution < -0.4 is 5.73 Å². The molecule has 1 aromatic carbocycles. The highest BCUT2D eigenvalue weighted by Gasteiger charge is 2.41. The van der Waals surface area contributed by atoms with Gasteiger partial charge in [0.1, 0.15) is 0 Å². The van der Waals surface area contributed by atoms with Gasteiger partial charge in [0, 0.05) is 13.1 Å². The van der Waals surface area contributed by atoms with Crippen LogP contribution in [0.3, 0.4) is 0 Å². The van der Waals surface area contributed by atoms with Crippen molar-refractivity contribution < 1.29 is 0 Å². The molecule has 102 valence electrons. The van der Waals surface area contributed by atoms with Crippen molar-refractivity contribution >= 4 is 11.0 Å². The summed E-state index contributed by atoms with van der Waals surface area (Å²) in [6.07, 6.45) is 5.42. The van der Waals surface area contributed by atoms with Crippen LogP contribution in [0.4, 0.5) is 0 Å². The molecule has 1 aromatic heterocycles. The second kappa shape index (κ2) is 4.94. The molecule has 0 bridgehead atoms. The molecule has 0 atom stereocenters. The molecular weight excluding hydrogens is 236 g/mol. The van der Waals surface area contributed by atoms with E-state index in [0.717, 1.165) is 37.1 Å². The Kier molecular flexibility index (Phi) is 3.29. The number of aromatic amines is 1. The van der Waals surface area contributed by atoms with Gasteiger partial charge < -0.3 is 15.6 Å². The van der Waals surface area contributed by atoms with Crippen LogP contribution in [-0.4, -0.2) is 41.5 Å². The maximum absolute atomic E-state index is 5.84. The van der Waals surface area contributed by atoms with Gasteiger partial charge in [-0.3, -0.25) is 0 Å². The normalized spacial score (nSPS) is 17.2. The fourth-order valence-corrected chi connectivity index (χ4v) is 2.71. The topological polar surface area (TPSA) is 57.9 Å². The predicted octanol–water partition coefficient (Wildman–Crippen LogP) is 1.78. The van der Waals surface area contributed by atoms with E-state index in [1.165, 1.54) is 18.4 Å². The van der Waals surface area contributed by atoms with Gasteiger partial charge in [-0.05, 0) is 56.0 Å². The van der Waals surface area contributed by atoms with Crippen molar-refractivity contribution in [3.8, 4) is 0 Å². The molecule has 1 saturated carbocycles. The van der Waals surface area contributed by atoms with Gasteiger partial charge in [0.05, 0.1) is 17.4 Å². The lowest BCUT2D eigenvalue weighted by Crippen LogP contribution is -2.32. The number of benzene rings is 1. The monoisotopic (exact) mass is 258 g/mol. The standard InChI is InChI=1S/C15H22N4/c1-19(10-15(9-16)5-6-15)7-4-12-2-3-13-14(8-12)18-11-17-13/h2-3,8,11H,4-7,9-10,16H2,1H3,(H,17,18). The van der Waals surface area contributed by atoms with Crippen LogP contribution in [0.2, 0.25) is 0 Å². The molecule has 4 nitrogen and oxygen atoms in total. The average Bonchev–Trinajstić information content (AvgIpc) is 3.03. The maximum Gasteiger partial charge on any atom is 0.0931 e. The summed E-state index contributed by atoms with van der Waals surface area (Å²) >= 11 is 0. The Morgan fingerprint density at radius 3 is 3.00 bits per heavy atom. The Bertz CT molecular complexity index is 556. The van der Waals surface area contributed by atoms with E-state index in [1.54, 1.807) is 6.33 Å². The highest BCUT2D eigenvalue weighted by atomic mass is 15.1. The zero-order valence-electron chi connectivity index (χ0n) is 11.5. The summed E-state index contributed by atoms with van der Waals surface area (Å²) < 4.78 is 0. The zero-order valence-corrected chi connectivity index (χ0v) is 11.5. The molecule has 1 heterocycles. The molecular formula is C15H22N4. The number of hydrogen-bond donors (Lipinski definition) is 2. The van der Waals surface area contributed by atoms with E-state index in [0.29, 0.717) is 5.41 Å². The number of nitrogens with one attached hydrogen (secondary N) is 1. The molecule has 3 rings (SSSR count). The largest absolute Gasteiger partial charge is 0.345 e. The molecule has 0 aliphatic heterocycles. The number of nitrogens with two attached hydrogens (primary N) is 1. The molecule has 19 heavy (non-hydrogen) atoms. The summed E-state index contributed by atoms with van der Waals surface area (Å²) in [4.78, 5) is 9.82. The summed E-state index contributed by atoms with van der Waals surface area (Å²) in [5.41, 5.74) is 9.80. The first-order valence-electron chi connectivity index (χ1n) is 7.01. The van der Waals surface area contributed by atoms with Crippen molar-refractivity contribution in [2.75, 3.05) is 26.7 Å². The molecule has 1 fully saturated rings. The first-order valence-corrected chi connectivity index (χ1v) is 7.01. The van der Waals surface area contributed by atoms with Gasteiger partial charge in [-0.25, -0.2) is 4.98 Å². The van der Waals surface area contributed by atoms with Crippen LogP contribution in [0.1, 0.15) is 18.4 Å². The van der Waals surface area contributed by atoms with Crippen molar-refractivity contribution in [3.05, 3.63) is 30.1 Å². The van der Waals surface area contributed by atoms with Gasteiger partial charge in [0.25, 0.3) is 0 Å². The third-order valence-corrected chi connectivity index (χ3v) is 4.26. The fraction of sp³-hybridized carbons (Fsp3) is 0.533. The molecule has 0 saturated heterocycles. The summed E-state index contributed by atoms with van der Waals surface area (Å²) in [5.74, 6) is 0. The third kappa shape index (κ3) is 2.80. The molecule has 1 aliphatic carbocycles. The van der Waals surface area contributed by atoms with Crippen molar-refractivity contribution in [2.24, 2.45) is 11.1 Å². The van der Waals surface area contributed by atoms with Crippen molar-refractivity contribution in [3.63, 3.8) is 0 Å². The van der Waals surface area contributed by atoms with Crippen LogP contribution in [0.25, 0.3) is 11.0 Å². The summed E-state index contributed by atoms with van der Waals surface area (Å²) in [6.45, 7) is 3.05. The van der Waals surface area contributed by atoms with Gasteiger partial charge in [0.2, 0.25) is 0 Å². The molecule has 0 radical (unpaired) electrons. The van der Waals surface area contributed by atoms with Crippen LogP contribution in [0, 0.1) is 5.41 Å². The second-order valence-corrected chi connectivity index (χ2v) is 5.95. The number of rotatable bonds is 6. The molecule has 1 aliphatic rings. The second-order valence-electron chi connectivity index (χ2n) is 5.95. The summed E-state index contributed by atoms with van der Waals surface area (Å²) in [6, 6.07) is 6.46. The van der Waals surface area contributed by atoms with Crippen LogP contribution in [0.5, 0.6) is 0 Å². The number of likely N-dealkylation sites (N-methyl/N-ethyl adjacent to an activating group) is 1. The quantitative estimate of drug-likeness (QED) is 0.830. The Labute approximate surface area is 114 Å². The third-order valence-electron chi connectivity index (χ3n) is 4.26. The minimum atomic E-state index is 0.433. The van der Waals surface area contributed by atoms with E-state index in [9.17, 15) is 0 Å². The number of nitrogens with zero attached hydrogens (tertiary/aromatic N) is 2. The number of imidazole rings is 1. The molecule has 0 amide bonds. The number of aromatic nitrogens is 2. The first-order chi connectivity index (χ1) is 9.21. The lowest BCUT2D eigenvalue weighted by molar-refractivity contribution is 0.269. The van der Waals surface area contributed by atoms with Crippen molar-refractivity contribution in [2.45, 2.75) is 19.3 Å². The van der Waals surface area contributed by atoms with E-state index in [2.05, 4.69) is 40.1 Å². The van der Waals surface area contributed by atoms with E-state index in [1.807, 2.05) is 0 Å². The highest BCUT2D eigenvalue weighted by molar-refractivity contribution is 5.75. The number of H-pyrrole nitrogens is 1. The summed E-state index contributed by atoms with van der Waals surface area (Å²) in [5, 5.41) is 0. The van der Waals surface area contributed by atoms with Gasteiger partial charge in [0.15, 0.2) is 0 Å². The molecule has 3 N–H and O–H groups in total. The van der Waals surface area contributed by atoms with E-state index < -0.39 is 0 Å². The lowest BCUT2D eigenvalue weighted by Gasteiger charge is -2.22. The predicted molar refractivity (Wildman–Crippen MR) is 78.0 cm³/mol. The van der Waals surface area contributed by atoms with Crippen LogP contribution in [0.15, 0.2) is 24.5 Å². The number of hydrogen-bond acceptors (Lipinski definition) is 3. The Morgan fingerprint density at radius 1 is 1.42 bits per heavy atom. The highest BCUT2D eigenvalue weighted by Crippen LogP contribution is 2.44. The van der Waals surface area contributed by atoms with E-state index >= 15 is 0 Å². The van der Waals surface area contributed by atoms with Gasteiger partial charge in [-0.2, -0.15) is 0 Å². The Balaban J connectivity index is 1.56. The van der Waals surface area contributed by atoms with Gasteiger partial charge in [-0.15, -0.1) is 0 Å². The summed E-state index contributed by atoms with van der Waals surface area (Å²) in [7, 11) is 2.20. The Morgan fingerprint density at radius 2 is 2.26 bits per heavy atom.